The van der Waals surface area contributed by atoms with E-state index in [4.69, 9.17) is 0 Å². The van der Waals surface area contributed by atoms with Crippen LogP contribution in [-0.4, -0.2) is 24.6 Å². The number of nitrogens with zero attached hydrogens (tertiary/aromatic N) is 2. The van der Waals surface area contributed by atoms with Crippen LogP contribution in [-0.2, 0) is 6.54 Å². The molecule has 2 heterocycles. The van der Waals surface area contributed by atoms with Crippen molar-refractivity contribution in [2.45, 2.75) is 39.8 Å². The third kappa shape index (κ3) is 2.83. The van der Waals surface area contributed by atoms with E-state index < -0.39 is 0 Å². The van der Waals surface area contributed by atoms with Gasteiger partial charge in [0.05, 0.1) is 0 Å². The molecule has 18 heavy (non-hydrogen) atoms. The summed E-state index contributed by atoms with van der Waals surface area (Å²) in [5.41, 5.74) is 1.24. The first kappa shape index (κ1) is 13.3. The summed E-state index contributed by atoms with van der Waals surface area (Å²) in [4.78, 5) is 7.09. The first-order valence-electron chi connectivity index (χ1n) is 6.98. The van der Waals surface area contributed by atoms with Crippen molar-refractivity contribution in [3.8, 4) is 0 Å². The van der Waals surface area contributed by atoms with Crippen LogP contribution < -0.4 is 10.2 Å². The number of hydrogen-bond donors (Lipinski definition) is 1. The fraction of sp³-hybridized carbons (Fsp3) is 0.667. The predicted octanol–water partition coefficient (Wildman–Crippen LogP) is 2.67. The third-order valence-electron chi connectivity index (χ3n) is 4.08. The van der Waals surface area contributed by atoms with Crippen LogP contribution in [0.1, 0.15) is 32.8 Å². The summed E-state index contributed by atoms with van der Waals surface area (Å²) in [5, 5.41) is 3.15. The summed E-state index contributed by atoms with van der Waals surface area (Å²) in [6.07, 6.45) is 3.32. The zero-order valence-corrected chi connectivity index (χ0v) is 12.0. The molecule has 3 atom stereocenters. The Hall–Kier alpha value is -1.09. The van der Waals surface area contributed by atoms with Crippen molar-refractivity contribution in [3.63, 3.8) is 0 Å². The van der Waals surface area contributed by atoms with Gasteiger partial charge < -0.3 is 10.2 Å². The van der Waals surface area contributed by atoms with Gasteiger partial charge >= 0.3 is 0 Å². The molecule has 1 aromatic rings. The molecular formula is C15H25N3. The molecule has 1 aromatic heterocycles. The van der Waals surface area contributed by atoms with Crippen molar-refractivity contribution in [1.82, 2.24) is 10.3 Å². The highest BCUT2D eigenvalue weighted by Crippen LogP contribution is 2.30. The van der Waals surface area contributed by atoms with E-state index in [-0.39, 0.29) is 0 Å². The van der Waals surface area contributed by atoms with Gasteiger partial charge in [0.1, 0.15) is 5.82 Å². The van der Waals surface area contributed by atoms with Gasteiger partial charge in [-0.3, -0.25) is 0 Å². The van der Waals surface area contributed by atoms with Crippen LogP contribution in [0.2, 0.25) is 0 Å². The Kier molecular flexibility index (Phi) is 4.23. The molecule has 0 saturated carbocycles. The molecule has 3 nitrogen and oxygen atoms in total. The highest BCUT2D eigenvalue weighted by molar-refractivity contribution is 5.41. The largest absolute Gasteiger partial charge is 0.353 e. The average molecular weight is 247 g/mol. The smallest absolute Gasteiger partial charge is 0.128 e. The standard InChI is InChI=1S/C15H25N3/c1-11-7-12(2)13(3)18(10-11)15-6-5-14(8-16-4)9-17-15/h5-6,9,11-13,16H,7-8,10H2,1-4H3. The van der Waals surface area contributed by atoms with Crippen molar-refractivity contribution >= 4 is 5.82 Å². The van der Waals surface area contributed by atoms with Gasteiger partial charge in [-0.2, -0.15) is 0 Å². The molecule has 0 aromatic carbocycles. The second-order valence-corrected chi connectivity index (χ2v) is 5.77. The molecule has 100 valence electrons. The monoisotopic (exact) mass is 247 g/mol. The third-order valence-corrected chi connectivity index (χ3v) is 4.08. The Labute approximate surface area is 111 Å². The summed E-state index contributed by atoms with van der Waals surface area (Å²) in [6, 6.07) is 4.92. The van der Waals surface area contributed by atoms with Gasteiger partial charge in [-0.05, 0) is 43.9 Å². The lowest BCUT2D eigenvalue weighted by Crippen LogP contribution is -2.46. The van der Waals surface area contributed by atoms with Crippen molar-refractivity contribution in [3.05, 3.63) is 23.9 Å². The van der Waals surface area contributed by atoms with Gasteiger partial charge in [-0.1, -0.05) is 19.9 Å². The molecule has 0 aliphatic carbocycles. The number of nitrogens with one attached hydrogen (secondary N) is 1. The van der Waals surface area contributed by atoms with Gasteiger partial charge in [0.25, 0.3) is 0 Å². The maximum Gasteiger partial charge on any atom is 0.128 e. The summed E-state index contributed by atoms with van der Waals surface area (Å²) in [7, 11) is 1.96. The average Bonchev–Trinajstić information content (AvgIpc) is 2.35. The quantitative estimate of drug-likeness (QED) is 0.890. The Bertz CT molecular complexity index is 374. The molecule has 1 saturated heterocycles. The Morgan fingerprint density at radius 3 is 2.72 bits per heavy atom. The number of aromatic nitrogens is 1. The van der Waals surface area contributed by atoms with Crippen molar-refractivity contribution in [2.24, 2.45) is 11.8 Å². The summed E-state index contributed by atoms with van der Waals surface area (Å²) in [5.74, 6) is 2.63. The second kappa shape index (κ2) is 5.70. The van der Waals surface area contributed by atoms with Crippen LogP contribution in [0.4, 0.5) is 5.82 Å². The Morgan fingerprint density at radius 2 is 2.11 bits per heavy atom. The van der Waals surface area contributed by atoms with E-state index in [0.29, 0.717) is 6.04 Å². The van der Waals surface area contributed by atoms with Gasteiger partial charge in [-0.25, -0.2) is 4.98 Å². The van der Waals surface area contributed by atoms with Crippen LogP contribution in [0.5, 0.6) is 0 Å². The second-order valence-electron chi connectivity index (χ2n) is 5.77. The van der Waals surface area contributed by atoms with Crippen LogP contribution >= 0.6 is 0 Å². The Morgan fingerprint density at radius 1 is 1.33 bits per heavy atom. The molecule has 1 aliphatic heterocycles. The van der Waals surface area contributed by atoms with Crippen molar-refractivity contribution in [1.29, 1.82) is 0 Å². The van der Waals surface area contributed by atoms with Crippen LogP contribution in [0.25, 0.3) is 0 Å². The molecule has 1 aliphatic rings. The lowest BCUT2D eigenvalue weighted by molar-refractivity contribution is 0.295. The lowest BCUT2D eigenvalue weighted by Gasteiger charge is -2.41. The van der Waals surface area contributed by atoms with E-state index in [9.17, 15) is 0 Å². The minimum Gasteiger partial charge on any atom is -0.353 e. The normalized spacial score (nSPS) is 28.4. The number of hydrogen-bond acceptors (Lipinski definition) is 3. The van der Waals surface area contributed by atoms with Crippen LogP contribution in [0, 0.1) is 11.8 Å². The van der Waals surface area contributed by atoms with E-state index in [0.717, 1.165) is 30.7 Å². The maximum absolute atomic E-state index is 4.63. The molecule has 2 rings (SSSR count). The SMILES string of the molecule is CNCc1ccc(N2CC(C)CC(C)C2C)nc1. The van der Waals surface area contributed by atoms with E-state index in [2.05, 4.69) is 48.1 Å². The molecule has 1 fully saturated rings. The first-order valence-corrected chi connectivity index (χ1v) is 6.98. The van der Waals surface area contributed by atoms with Crippen LogP contribution in [0.15, 0.2) is 18.3 Å². The molecule has 0 amide bonds. The number of pyridine rings is 1. The molecule has 0 bridgehead atoms. The highest BCUT2D eigenvalue weighted by Gasteiger charge is 2.29. The van der Waals surface area contributed by atoms with Gasteiger partial charge in [-0.15, -0.1) is 0 Å². The molecule has 3 heteroatoms. The molecule has 3 unspecified atom stereocenters. The maximum atomic E-state index is 4.63. The first-order chi connectivity index (χ1) is 8.61. The minimum atomic E-state index is 0.587. The molecule has 0 spiro atoms. The van der Waals surface area contributed by atoms with Gasteiger partial charge in [0.15, 0.2) is 0 Å². The molecule has 0 radical (unpaired) electrons. The van der Waals surface area contributed by atoms with E-state index in [1.54, 1.807) is 0 Å². The zero-order valence-electron chi connectivity index (χ0n) is 12.0. The zero-order chi connectivity index (χ0) is 13.1. The van der Waals surface area contributed by atoms with Crippen LogP contribution in [0.3, 0.4) is 0 Å². The number of piperidine rings is 1. The van der Waals surface area contributed by atoms with E-state index in [1.807, 2.05) is 13.2 Å². The topological polar surface area (TPSA) is 28.2 Å². The summed E-state index contributed by atoms with van der Waals surface area (Å²) in [6.45, 7) is 9.02. The number of anilines is 1. The van der Waals surface area contributed by atoms with Crippen molar-refractivity contribution in [2.75, 3.05) is 18.5 Å². The molecular weight excluding hydrogens is 222 g/mol. The summed E-state index contributed by atoms with van der Waals surface area (Å²) < 4.78 is 0. The fourth-order valence-corrected chi connectivity index (χ4v) is 2.91. The minimum absolute atomic E-state index is 0.587. The Balaban J connectivity index is 2.14. The van der Waals surface area contributed by atoms with Gasteiger partial charge in [0, 0.05) is 25.3 Å². The van der Waals surface area contributed by atoms with E-state index in [1.165, 1.54) is 12.0 Å². The van der Waals surface area contributed by atoms with Crippen molar-refractivity contribution < 1.29 is 0 Å². The van der Waals surface area contributed by atoms with Gasteiger partial charge in [0.2, 0.25) is 0 Å². The highest BCUT2D eigenvalue weighted by atomic mass is 15.2. The molecule has 1 N–H and O–H groups in total. The summed E-state index contributed by atoms with van der Waals surface area (Å²) >= 11 is 0. The number of rotatable bonds is 3. The lowest BCUT2D eigenvalue weighted by atomic mass is 9.86. The van der Waals surface area contributed by atoms with E-state index >= 15 is 0 Å². The fourth-order valence-electron chi connectivity index (χ4n) is 2.91. The predicted molar refractivity (Wildman–Crippen MR) is 76.8 cm³/mol.